The zero-order chi connectivity index (χ0) is 16.7. The van der Waals surface area contributed by atoms with Crippen molar-refractivity contribution < 1.29 is 4.39 Å². The summed E-state index contributed by atoms with van der Waals surface area (Å²) in [7, 11) is 0. The number of aromatic amines is 2. The Kier molecular flexibility index (Phi) is 3.43. The van der Waals surface area contributed by atoms with E-state index < -0.39 is 0 Å². The van der Waals surface area contributed by atoms with Crippen LogP contribution in [0.5, 0.6) is 0 Å². The molecule has 118 valence electrons. The van der Waals surface area contributed by atoms with Gasteiger partial charge in [-0.25, -0.2) is 4.39 Å². The Morgan fingerprint density at radius 2 is 1.96 bits per heavy atom. The SMILES string of the molecule is O=c1[nH]ccc2[nH]c(-c3ccnc(-c4ccccc4F)c3)c(Cl)c12. The molecule has 4 aromatic rings. The summed E-state index contributed by atoms with van der Waals surface area (Å²) in [5.41, 5.74) is 2.61. The number of benzene rings is 1. The van der Waals surface area contributed by atoms with Gasteiger partial charge in [-0.15, -0.1) is 0 Å². The topological polar surface area (TPSA) is 61.5 Å². The molecule has 0 fully saturated rings. The second kappa shape index (κ2) is 5.62. The maximum Gasteiger partial charge on any atom is 0.258 e. The Balaban J connectivity index is 1.91. The number of nitrogens with zero attached hydrogens (tertiary/aromatic N) is 1. The van der Waals surface area contributed by atoms with Crippen LogP contribution >= 0.6 is 11.6 Å². The number of halogens is 2. The standard InChI is InChI=1S/C18H11ClFN3O/c19-16-15-13(6-8-22-18(15)24)23-17(16)10-5-7-21-14(9-10)11-3-1-2-4-12(11)20/h1-9,23H,(H,22,24). The Morgan fingerprint density at radius 1 is 1.12 bits per heavy atom. The Hall–Kier alpha value is -2.92. The molecule has 6 heteroatoms. The lowest BCUT2D eigenvalue weighted by Crippen LogP contribution is -2.03. The molecule has 0 radical (unpaired) electrons. The van der Waals surface area contributed by atoms with Gasteiger partial charge in [-0.2, -0.15) is 0 Å². The van der Waals surface area contributed by atoms with E-state index in [4.69, 9.17) is 11.6 Å². The lowest BCUT2D eigenvalue weighted by atomic mass is 10.1. The molecule has 0 amide bonds. The van der Waals surface area contributed by atoms with E-state index in [0.717, 1.165) is 5.56 Å². The van der Waals surface area contributed by atoms with E-state index in [0.29, 0.717) is 32.9 Å². The number of aromatic nitrogens is 3. The minimum absolute atomic E-state index is 0.261. The second-order valence-corrected chi connectivity index (χ2v) is 5.70. The summed E-state index contributed by atoms with van der Waals surface area (Å²) in [6.45, 7) is 0. The van der Waals surface area contributed by atoms with Crippen molar-refractivity contribution in [1.82, 2.24) is 15.0 Å². The molecule has 0 bridgehead atoms. The average Bonchev–Trinajstić information content (AvgIpc) is 2.94. The molecule has 0 unspecified atom stereocenters. The molecule has 0 saturated heterocycles. The molecule has 24 heavy (non-hydrogen) atoms. The van der Waals surface area contributed by atoms with Gasteiger partial charge in [0.15, 0.2) is 0 Å². The fraction of sp³-hybridized carbons (Fsp3) is 0. The van der Waals surface area contributed by atoms with Gasteiger partial charge in [0.25, 0.3) is 5.56 Å². The molecule has 4 rings (SSSR count). The summed E-state index contributed by atoms with van der Waals surface area (Å²) in [5, 5.41) is 0.732. The molecule has 2 N–H and O–H groups in total. The van der Waals surface area contributed by atoms with Crippen molar-refractivity contribution >= 4 is 22.5 Å². The molecular weight excluding hydrogens is 329 g/mol. The number of hydrogen-bond acceptors (Lipinski definition) is 2. The number of H-pyrrole nitrogens is 2. The lowest BCUT2D eigenvalue weighted by Gasteiger charge is -2.05. The van der Waals surface area contributed by atoms with Crippen LogP contribution in [0.1, 0.15) is 0 Å². The van der Waals surface area contributed by atoms with Gasteiger partial charge in [-0.3, -0.25) is 9.78 Å². The molecule has 0 aliphatic carbocycles. The summed E-state index contributed by atoms with van der Waals surface area (Å²) < 4.78 is 14.0. The molecule has 0 spiro atoms. The van der Waals surface area contributed by atoms with Crippen molar-refractivity contribution in [3.8, 4) is 22.5 Å². The van der Waals surface area contributed by atoms with E-state index in [-0.39, 0.29) is 11.4 Å². The average molecular weight is 340 g/mol. The maximum atomic E-state index is 14.0. The van der Waals surface area contributed by atoms with E-state index in [9.17, 15) is 9.18 Å². The minimum atomic E-state index is -0.346. The van der Waals surface area contributed by atoms with Crippen LogP contribution in [0.4, 0.5) is 4.39 Å². The third-order valence-electron chi connectivity index (χ3n) is 3.86. The van der Waals surface area contributed by atoms with Crippen LogP contribution in [0.2, 0.25) is 5.02 Å². The van der Waals surface area contributed by atoms with Gasteiger partial charge in [0.05, 0.1) is 27.3 Å². The van der Waals surface area contributed by atoms with Crippen molar-refractivity contribution in [1.29, 1.82) is 0 Å². The number of rotatable bonds is 2. The van der Waals surface area contributed by atoms with E-state index in [1.54, 1.807) is 48.8 Å². The van der Waals surface area contributed by atoms with Gasteiger partial charge in [-0.1, -0.05) is 23.7 Å². The predicted molar refractivity (Wildman–Crippen MR) is 92.6 cm³/mol. The van der Waals surface area contributed by atoms with Crippen molar-refractivity contribution in [2.75, 3.05) is 0 Å². The van der Waals surface area contributed by atoms with Crippen LogP contribution in [0.15, 0.2) is 59.7 Å². The zero-order valence-corrected chi connectivity index (χ0v) is 13.1. The van der Waals surface area contributed by atoms with Gasteiger partial charge >= 0.3 is 0 Å². The zero-order valence-electron chi connectivity index (χ0n) is 12.3. The Morgan fingerprint density at radius 3 is 2.75 bits per heavy atom. The third-order valence-corrected chi connectivity index (χ3v) is 4.24. The number of pyridine rings is 2. The molecule has 1 aromatic carbocycles. The smallest absolute Gasteiger partial charge is 0.258 e. The van der Waals surface area contributed by atoms with Gasteiger partial charge in [0, 0.05) is 23.5 Å². The highest BCUT2D eigenvalue weighted by atomic mass is 35.5. The molecule has 0 aliphatic heterocycles. The molecule has 4 nitrogen and oxygen atoms in total. The van der Waals surface area contributed by atoms with Gasteiger partial charge in [0.2, 0.25) is 0 Å². The second-order valence-electron chi connectivity index (χ2n) is 5.32. The highest BCUT2D eigenvalue weighted by Gasteiger charge is 2.15. The summed E-state index contributed by atoms with van der Waals surface area (Å²) >= 11 is 6.38. The minimum Gasteiger partial charge on any atom is -0.353 e. The number of fused-ring (bicyclic) bond motifs is 1. The van der Waals surface area contributed by atoms with Crippen LogP contribution in [0, 0.1) is 5.82 Å². The first kappa shape index (κ1) is 14.7. The first-order valence-electron chi connectivity index (χ1n) is 7.25. The maximum absolute atomic E-state index is 14.0. The van der Waals surface area contributed by atoms with Crippen LogP contribution < -0.4 is 5.56 Å². The first-order chi connectivity index (χ1) is 11.6. The third kappa shape index (κ3) is 2.30. The normalized spacial score (nSPS) is 11.1. The van der Waals surface area contributed by atoms with Crippen LogP contribution in [-0.4, -0.2) is 15.0 Å². The largest absolute Gasteiger partial charge is 0.353 e. The quantitative estimate of drug-likeness (QED) is 0.569. The van der Waals surface area contributed by atoms with Crippen LogP contribution in [0.25, 0.3) is 33.4 Å². The van der Waals surface area contributed by atoms with E-state index in [1.165, 1.54) is 6.07 Å². The van der Waals surface area contributed by atoms with Crippen molar-refractivity contribution in [3.05, 3.63) is 76.1 Å². The van der Waals surface area contributed by atoms with E-state index in [2.05, 4.69) is 15.0 Å². The Labute approximate surface area is 141 Å². The van der Waals surface area contributed by atoms with Crippen molar-refractivity contribution in [2.45, 2.75) is 0 Å². The van der Waals surface area contributed by atoms with Gasteiger partial charge < -0.3 is 9.97 Å². The summed E-state index contributed by atoms with van der Waals surface area (Å²) in [5.74, 6) is -0.346. The highest BCUT2D eigenvalue weighted by Crippen LogP contribution is 2.34. The number of hydrogen-bond donors (Lipinski definition) is 2. The first-order valence-corrected chi connectivity index (χ1v) is 7.63. The fourth-order valence-corrected chi connectivity index (χ4v) is 3.06. The number of nitrogens with one attached hydrogen (secondary N) is 2. The fourth-order valence-electron chi connectivity index (χ4n) is 2.72. The van der Waals surface area contributed by atoms with Gasteiger partial charge in [0.1, 0.15) is 5.82 Å². The monoisotopic (exact) mass is 339 g/mol. The molecule has 0 aliphatic rings. The van der Waals surface area contributed by atoms with E-state index >= 15 is 0 Å². The van der Waals surface area contributed by atoms with Crippen molar-refractivity contribution in [2.24, 2.45) is 0 Å². The highest BCUT2D eigenvalue weighted by molar-refractivity contribution is 6.38. The molecular formula is C18H11ClFN3O. The Bertz CT molecular complexity index is 1120. The molecule has 3 aromatic heterocycles. The van der Waals surface area contributed by atoms with E-state index in [1.807, 2.05) is 0 Å². The molecule has 0 saturated carbocycles. The van der Waals surface area contributed by atoms with Crippen LogP contribution in [-0.2, 0) is 0 Å². The molecule has 0 atom stereocenters. The molecule has 3 heterocycles. The summed E-state index contributed by atoms with van der Waals surface area (Å²) in [6.07, 6.45) is 3.14. The van der Waals surface area contributed by atoms with Crippen molar-refractivity contribution in [3.63, 3.8) is 0 Å². The summed E-state index contributed by atoms with van der Waals surface area (Å²) in [6, 6.07) is 11.7. The predicted octanol–water partition coefficient (Wildman–Crippen LogP) is 4.38. The lowest BCUT2D eigenvalue weighted by molar-refractivity contribution is 0.631. The van der Waals surface area contributed by atoms with Gasteiger partial charge in [-0.05, 0) is 30.3 Å². The van der Waals surface area contributed by atoms with Crippen LogP contribution in [0.3, 0.4) is 0 Å². The summed E-state index contributed by atoms with van der Waals surface area (Å²) in [4.78, 5) is 21.9.